The van der Waals surface area contributed by atoms with Gasteiger partial charge in [0, 0.05) is 0 Å². The first-order valence-corrected chi connectivity index (χ1v) is 8.29. The van der Waals surface area contributed by atoms with Gasteiger partial charge < -0.3 is 39.6 Å². The molecule has 0 rings (SSSR count). The normalized spacial score (nSPS) is 7.86. The maximum absolute atomic E-state index is 9.72. The van der Waals surface area contributed by atoms with E-state index in [2.05, 4.69) is 26.3 Å². The van der Waals surface area contributed by atoms with Crippen LogP contribution in [0, 0.1) is 0 Å². The summed E-state index contributed by atoms with van der Waals surface area (Å²) in [6, 6.07) is 0. The minimum Gasteiger partial charge on any atom is -0.545 e. The van der Waals surface area contributed by atoms with Crippen molar-refractivity contribution >= 4 is 23.9 Å². The van der Waals surface area contributed by atoms with Crippen molar-refractivity contribution in [3.05, 3.63) is 48.6 Å². The standard InChI is InChI=1S/4C5H8O2.Ti/c4*1-3-4(2)5(6)7;/h4*2-3H2,1H3,(H,6,7);/q;;;;+4/p-4. The quantitative estimate of drug-likeness (QED) is 0.333. The molecule has 0 aromatic rings. The fourth-order valence-electron chi connectivity index (χ4n) is 0.577. The third-order valence-corrected chi connectivity index (χ3v) is 2.86. The Morgan fingerprint density at radius 1 is 0.483 bits per heavy atom. The zero-order valence-corrected chi connectivity index (χ0v) is 19.0. The number of rotatable bonds is 8. The molecule has 160 valence electrons. The van der Waals surface area contributed by atoms with Crippen molar-refractivity contribution in [3.63, 3.8) is 0 Å². The molecule has 0 aliphatic heterocycles. The molecule has 8 nitrogen and oxygen atoms in total. The number of carboxylic acid groups (broad SMARTS) is 4. The molecule has 29 heavy (non-hydrogen) atoms. The molecule has 0 amide bonds. The van der Waals surface area contributed by atoms with Gasteiger partial charge in [0.1, 0.15) is 0 Å². The van der Waals surface area contributed by atoms with Crippen LogP contribution < -0.4 is 20.4 Å². The predicted molar refractivity (Wildman–Crippen MR) is 97.8 cm³/mol. The first kappa shape index (κ1) is 37.3. The Hall–Kier alpha value is -2.45. The van der Waals surface area contributed by atoms with Crippen LogP contribution in [-0.2, 0) is 40.9 Å². The molecule has 0 aliphatic carbocycles. The van der Waals surface area contributed by atoms with Gasteiger partial charge in [-0.15, -0.1) is 0 Å². The molecule has 0 atom stereocenters. The van der Waals surface area contributed by atoms with Crippen molar-refractivity contribution in [2.45, 2.75) is 53.4 Å². The van der Waals surface area contributed by atoms with Crippen LogP contribution in [0.3, 0.4) is 0 Å². The summed E-state index contributed by atoms with van der Waals surface area (Å²) in [6.07, 6.45) is 1.84. The van der Waals surface area contributed by atoms with Crippen molar-refractivity contribution in [3.8, 4) is 0 Å². The summed E-state index contributed by atoms with van der Waals surface area (Å²) in [5.41, 5.74) is 0.611. The minimum atomic E-state index is -1.15. The van der Waals surface area contributed by atoms with Crippen LogP contribution in [0.5, 0.6) is 0 Å². The van der Waals surface area contributed by atoms with E-state index in [-0.39, 0.29) is 44.0 Å². The molecule has 0 fully saturated rings. The van der Waals surface area contributed by atoms with Crippen LogP contribution in [0.2, 0.25) is 0 Å². The molecule has 0 aromatic heterocycles. The van der Waals surface area contributed by atoms with Gasteiger partial charge in [0.05, 0.1) is 23.9 Å². The predicted octanol–water partition coefficient (Wildman–Crippen LogP) is -1.19. The Morgan fingerprint density at radius 2 is 0.586 bits per heavy atom. The number of hydrogen-bond donors (Lipinski definition) is 0. The molecular weight excluding hydrogens is 416 g/mol. The summed E-state index contributed by atoms with van der Waals surface area (Å²) in [5, 5.41) is 38.9. The topological polar surface area (TPSA) is 161 Å². The van der Waals surface area contributed by atoms with E-state index in [1.807, 2.05) is 0 Å². The van der Waals surface area contributed by atoms with E-state index in [0.717, 1.165) is 0 Å². The van der Waals surface area contributed by atoms with Crippen molar-refractivity contribution in [2.24, 2.45) is 0 Å². The number of carbonyl (C=O) groups excluding carboxylic acids is 4. The second-order valence-corrected chi connectivity index (χ2v) is 4.98. The molecular formula is C20H28O8Ti. The van der Waals surface area contributed by atoms with Gasteiger partial charge in [-0.2, -0.15) is 0 Å². The van der Waals surface area contributed by atoms with Gasteiger partial charge >= 0.3 is 21.7 Å². The molecule has 0 saturated heterocycles. The second kappa shape index (κ2) is 23.6. The molecule has 0 spiro atoms. The van der Waals surface area contributed by atoms with Gasteiger partial charge in [0.15, 0.2) is 0 Å². The van der Waals surface area contributed by atoms with Crippen LogP contribution in [0.4, 0.5) is 0 Å². The number of hydrogen-bond acceptors (Lipinski definition) is 8. The summed E-state index contributed by atoms with van der Waals surface area (Å²) >= 11 is 0. The molecule has 0 radical (unpaired) electrons. The monoisotopic (exact) mass is 444 g/mol. The van der Waals surface area contributed by atoms with E-state index >= 15 is 0 Å². The van der Waals surface area contributed by atoms with Gasteiger partial charge in [0.2, 0.25) is 0 Å². The van der Waals surface area contributed by atoms with E-state index < -0.39 is 23.9 Å². The molecule has 0 aromatic carbocycles. The van der Waals surface area contributed by atoms with Crippen LogP contribution in [-0.4, -0.2) is 23.9 Å². The first-order chi connectivity index (χ1) is 12.7. The van der Waals surface area contributed by atoms with Gasteiger partial charge in [-0.1, -0.05) is 54.0 Å². The average Bonchev–Trinajstić information content (AvgIpc) is 2.66. The van der Waals surface area contributed by atoms with Crippen LogP contribution in [0.15, 0.2) is 48.6 Å². The Bertz CT molecular complexity index is 487. The van der Waals surface area contributed by atoms with Gasteiger partial charge in [-0.25, -0.2) is 0 Å². The van der Waals surface area contributed by atoms with Gasteiger partial charge in [-0.3, -0.25) is 0 Å². The fourth-order valence-corrected chi connectivity index (χ4v) is 0.577. The van der Waals surface area contributed by atoms with Crippen LogP contribution in [0.1, 0.15) is 53.4 Å². The molecule has 0 saturated carbocycles. The summed E-state index contributed by atoms with van der Waals surface area (Å²) in [7, 11) is 0. The maximum Gasteiger partial charge on any atom is 4.00 e. The number of carboxylic acids is 4. The summed E-state index contributed by atoms with van der Waals surface area (Å²) in [5.74, 6) is -4.60. The smallest absolute Gasteiger partial charge is 0.545 e. The molecule has 0 N–H and O–H groups in total. The van der Waals surface area contributed by atoms with Crippen molar-refractivity contribution in [2.75, 3.05) is 0 Å². The second-order valence-electron chi connectivity index (χ2n) is 4.98. The van der Waals surface area contributed by atoms with Crippen LogP contribution in [0.25, 0.3) is 0 Å². The van der Waals surface area contributed by atoms with Gasteiger partial charge in [-0.05, 0) is 48.0 Å². The Morgan fingerprint density at radius 3 is 0.586 bits per heavy atom. The van der Waals surface area contributed by atoms with E-state index in [4.69, 9.17) is 0 Å². The number of aliphatic carboxylic acids is 4. The Kier molecular flexibility index (Phi) is 30.4. The SMILES string of the molecule is C=C(CC)C(=O)[O-].C=C(CC)C(=O)[O-].C=C(CC)C(=O)[O-].C=C(CC)C(=O)[O-].[Ti+4]. The van der Waals surface area contributed by atoms with E-state index in [0.29, 0.717) is 25.7 Å². The molecule has 0 heterocycles. The van der Waals surface area contributed by atoms with E-state index in [1.165, 1.54) is 0 Å². The molecule has 0 unspecified atom stereocenters. The van der Waals surface area contributed by atoms with E-state index in [1.54, 1.807) is 27.7 Å². The third kappa shape index (κ3) is 30.5. The molecule has 0 bridgehead atoms. The van der Waals surface area contributed by atoms with Crippen molar-refractivity contribution in [1.82, 2.24) is 0 Å². The maximum atomic E-state index is 9.72. The third-order valence-electron chi connectivity index (χ3n) is 2.86. The summed E-state index contributed by atoms with van der Waals surface area (Å²) in [6.45, 7) is 19.7. The average molecular weight is 444 g/mol. The minimum absolute atomic E-state index is 0. The largest absolute Gasteiger partial charge is 4.00 e. The first-order valence-electron chi connectivity index (χ1n) is 8.29. The Balaban J connectivity index is -0.0000000873. The van der Waals surface area contributed by atoms with Crippen LogP contribution >= 0.6 is 0 Å². The van der Waals surface area contributed by atoms with Crippen molar-refractivity contribution in [1.29, 1.82) is 0 Å². The molecule has 0 aliphatic rings. The summed E-state index contributed by atoms with van der Waals surface area (Å²) in [4.78, 5) is 38.9. The van der Waals surface area contributed by atoms with Crippen molar-refractivity contribution < 1.29 is 61.3 Å². The molecule has 9 heteroatoms. The summed E-state index contributed by atoms with van der Waals surface area (Å²) < 4.78 is 0. The van der Waals surface area contributed by atoms with Gasteiger partial charge in [0.25, 0.3) is 0 Å². The number of carbonyl (C=O) groups is 4. The Labute approximate surface area is 187 Å². The van der Waals surface area contributed by atoms with E-state index in [9.17, 15) is 39.6 Å². The zero-order chi connectivity index (χ0) is 23.4. The fraction of sp³-hybridized carbons (Fsp3) is 0.400. The zero-order valence-electron chi connectivity index (χ0n) is 17.4.